The van der Waals surface area contributed by atoms with Gasteiger partial charge in [0.15, 0.2) is 16.2 Å². The molecule has 150 valence electrons. The van der Waals surface area contributed by atoms with Crippen LogP contribution in [0.2, 0.25) is 65.0 Å². The summed E-state index contributed by atoms with van der Waals surface area (Å²) in [6.07, 6.45) is 1.03. The Labute approximate surface area is 160 Å². The summed E-state index contributed by atoms with van der Waals surface area (Å²) in [5.74, 6) is 0. The van der Waals surface area contributed by atoms with Crippen molar-refractivity contribution in [2.75, 3.05) is 26.4 Å². The van der Waals surface area contributed by atoms with Crippen molar-refractivity contribution in [3.05, 3.63) is 0 Å². The number of hydrogen-bond donors (Lipinski definition) is 0. The first-order valence-electron chi connectivity index (χ1n) is 9.64. The third kappa shape index (κ3) is 8.08. The molecule has 1 aliphatic heterocycles. The van der Waals surface area contributed by atoms with Crippen molar-refractivity contribution in [3.8, 4) is 0 Å². The van der Waals surface area contributed by atoms with Crippen LogP contribution in [0.15, 0.2) is 0 Å². The smallest absolute Gasteiger partial charge is 0.314 e. The lowest BCUT2D eigenvalue weighted by Gasteiger charge is -2.44. The molecule has 8 heteroatoms. The van der Waals surface area contributed by atoms with Crippen molar-refractivity contribution in [2.45, 2.75) is 78.3 Å². The van der Waals surface area contributed by atoms with Crippen LogP contribution in [0.3, 0.4) is 0 Å². The van der Waals surface area contributed by atoms with Crippen molar-refractivity contribution in [1.29, 1.82) is 0 Å². The van der Waals surface area contributed by atoms with Crippen molar-refractivity contribution in [3.63, 3.8) is 0 Å². The molecule has 1 saturated heterocycles. The molecule has 0 amide bonds. The van der Waals surface area contributed by atoms with Crippen LogP contribution >= 0.6 is 0 Å². The van der Waals surface area contributed by atoms with E-state index >= 15 is 0 Å². The van der Waals surface area contributed by atoms with E-state index in [0.29, 0.717) is 0 Å². The van der Waals surface area contributed by atoms with Gasteiger partial charge < -0.3 is 17.7 Å². The second-order valence-corrected chi connectivity index (χ2v) is 34.9. The average molecular weight is 423 g/mol. The Bertz CT molecular complexity index is 427. The fraction of sp³-hybridized carbons (Fsp3) is 1.00. The van der Waals surface area contributed by atoms with E-state index < -0.39 is 32.3 Å². The SMILES string of the molecule is CC1(COCCC[Si](C)(O[Si](C)(C)C)O[Si](C)(C)[Si](C)(C)C)COC1. The maximum absolute atomic E-state index is 6.92. The molecular formula is C17H42O4Si4. The first-order chi connectivity index (χ1) is 11.1. The van der Waals surface area contributed by atoms with Crippen LogP contribution in [-0.2, 0) is 17.7 Å². The van der Waals surface area contributed by atoms with Crippen LogP contribution in [-0.4, -0.2) is 58.7 Å². The molecule has 0 spiro atoms. The molecule has 1 atom stereocenters. The van der Waals surface area contributed by atoms with E-state index in [2.05, 4.69) is 65.8 Å². The van der Waals surface area contributed by atoms with Gasteiger partial charge in [0.1, 0.15) is 0 Å². The Hall–Kier alpha value is 0.708. The van der Waals surface area contributed by atoms with Gasteiger partial charge in [-0.05, 0) is 51.7 Å². The predicted octanol–water partition coefficient (Wildman–Crippen LogP) is 4.99. The first-order valence-corrected chi connectivity index (χ1v) is 23.0. The van der Waals surface area contributed by atoms with Gasteiger partial charge in [-0.2, -0.15) is 0 Å². The van der Waals surface area contributed by atoms with E-state index in [1.165, 1.54) is 0 Å². The van der Waals surface area contributed by atoms with Crippen molar-refractivity contribution in [2.24, 2.45) is 5.41 Å². The molecule has 0 aromatic heterocycles. The zero-order valence-corrected chi connectivity index (χ0v) is 22.4. The number of rotatable bonds is 11. The second kappa shape index (κ2) is 8.38. The zero-order valence-electron chi connectivity index (χ0n) is 18.4. The maximum Gasteiger partial charge on any atom is 0.314 e. The minimum absolute atomic E-state index is 0.235. The summed E-state index contributed by atoms with van der Waals surface area (Å²) in [6.45, 7) is 26.7. The Morgan fingerprint density at radius 2 is 1.44 bits per heavy atom. The van der Waals surface area contributed by atoms with Crippen molar-refractivity contribution in [1.82, 2.24) is 0 Å². The molecule has 1 aliphatic rings. The van der Waals surface area contributed by atoms with Gasteiger partial charge in [0.25, 0.3) is 0 Å². The van der Waals surface area contributed by atoms with Crippen molar-refractivity contribution >= 4 is 32.3 Å². The average Bonchev–Trinajstić information content (AvgIpc) is 2.31. The Morgan fingerprint density at radius 3 is 1.84 bits per heavy atom. The third-order valence-corrected chi connectivity index (χ3v) is 29.6. The molecule has 1 unspecified atom stereocenters. The standard InChI is InChI=1S/C17H42O4Si4/c1-17(15-19-16-17)14-18-12-11-13-25(10,20-22(2,3)4)21-24(8,9)23(5,6)7/h11-16H2,1-10H3. The number of hydrogen-bond acceptors (Lipinski definition) is 4. The molecule has 0 aromatic rings. The molecule has 0 radical (unpaired) electrons. The summed E-state index contributed by atoms with van der Waals surface area (Å²) >= 11 is 0. The lowest BCUT2D eigenvalue weighted by molar-refractivity contribution is -0.137. The molecule has 1 fully saturated rings. The molecule has 0 aromatic carbocycles. The highest BCUT2D eigenvalue weighted by Crippen LogP contribution is 2.30. The van der Waals surface area contributed by atoms with Crippen LogP contribution in [0.4, 0.5) is 0 Å². The Morgan fingerprint density at radius 1 is 0.880 bits per heavy atom. The van der Waals surface area contributed by atoms with Gasteiger partial charge in [0, 0.05) is 12.0 Å². The number of ether oxygens (including phenoxy) is 2. The molecule has 0 saturated carbocycles. The van der Waals surface area contributed by atoms with Crippen molar-refractivity contribution < 1.29 is 17.7 Å². The summed E-state index contributed by atoms with van der Waals surface area (Å²) in [6, 6.07) is 1.03. The minimum atomic E-state index is -2.17. The summed E-state index contributed by atoms with van der Waals surface area (Å²) < 4.78 is 24.8. The van der Waals surface area contributed by atoms with Gasteiger partial charge >= 0.3 is 8.56 Å². The molecule has 0 bridgehead atoms. The fourth-order valence-electron chi connectivity index (χ4n) is 2.81. The van der Waals surface area contributed by atoms with Gasteiger partial charge in [-0.25, -0.2) is 0 Å². The van der Waals surface area contributed by atoms with Gasteiger partial charge in [-0.1, -0.05) is 26.6 Å². The Balaban J connectivity index is 2.59. The van der Waals surface area contributed by atoms with Gasteiger partial charge in [0.2, 0.25) is 0 Å². The topological polar surface area (TPSA) is 36.9 Å². The van der Waals surface area contributed by atoms with E-state index in [4.69, 9.17) is 17.7 Å². The molecule has 1 rings (SSSR count). The second-order valence-electron chi connectivity index (χ2n) is 10.7. The quantitative estimate of drug-likeness (QED) is 0.347. The lowest BCUT2D eigenvalue weighted by atomic mass is 9.90. The molecule has 25 heavy (non-hydrogen) atoms. The normalized spacial score (nSPS) is 20.9. The van der Waals surface area contributed by atoms with Crippen LogP contribution in [0.1, 0.15) is 13.3 Å². The summed E-state index contributed by atoms with van der Waals surface area (Å²) in [4.78, 5) is 0. The largest absolute Gasteiger partial charge is 0.439 e. The third-order valence-electron chi connectivity index (χ3n) is 5.07. The summed E-state index contributed by atoms with van der Waals surface area (Å²) in [5.41, 5.74) is 0.235. The highest BCUT2D eigenvalue weighted by molar-refractivity contribution is 7.38. The first kappa shape index (κ1) is 23.7. The molecule has 4 nitrogen and oxygen atoms in total. The maximum atomic E-state index is 6.92. The molecule has 0 N–H and O–H groups in total. The van der Waals surface area contributed by atoms with Crippen LogP contribution in [0.5, 0.6) is 0 Å². The monoisotopic (exact) mass is 422 g/mol. The van der Waals surface area contributed by atoms with E-state index in [1.807, 2.05) is 0 Å². The molecular weight excluding hydrogens is 381 g/mol. The summed E-state index contributed by atoms with van der Waals surface area (Å²) in [5, 5.41) is 0. The highest BCUT2D eigenvalue weighted by Gasteiger charge is 2.47. The van der Waals surface area contributed by atoms with Crippen LogP contribution in [0.25, 0.3) is 0 Å². The van der Waals surface area contributed by atoms with E-state index in [-0.39, 0.29) is 5.41 Å². The predicted molar refractivity (Wildman–Crippen MR) is 117 cm³/mol. The van der Waals surface area contributed by atoms with Gasteiger partial charge in [-0.3, -0.25) is 0 Å². The van der Waals surface area contributed by atoms with Gasteiger partial charge in [0.05, 0.1) is 27.4 Å². The Kier molecular flexibility index (Phi) is 7.96. The highest BCUT2D eigenvalue weighted by atomic mass is 29.3. The van der Waals surface area contributed by atoms with E-state index in [9.17, 15) is 0 Å². The van der Waals surface area contributed by atoms with E-state index in [0.717, 1.165) is 38.9 Å². The van der Waals surface area contributed by atoms with Crippen LogP contribution in [0, 0.1) is 5.41 Å². The van der Waals surface area contributed by atoms with E-state index in [1.54, 1.807) is 0 Å². The van der Waals surface area contributed by atoms with Crippen LogP contribution < -0.4 is 0 Å². The minimum Gasteiger partial charge on any atom is -0.439 e. The van der Waals surface area contributed by atoms with Gasteiger partial charge in [-0.15, -0.1) is 0 Å². The summed E-state index contributed by atoms with van der Waals surface area (Å²) in [7, 11) is -6.80. The zero-order chi connectivity index (χ0) is 19.6. The fourth-order valence-corrected chi connectivity index (χ4v) is 20.4. The lowest BCUT2D eigenvalue weighted by Crippen LogP contribution is -2.62. The molecule has 1 heterocycles. The molecule has 0 aliphatic carbocycles.